The molecule has 2 heterocycles. The van der Waals surface area contributed by atoms with Crippen LogP contribution in [0.25, 0.3) is 22.2 Å². The molecule has 0 aliphatic carbocycles. The Kier molecular flexibility index (Phi) is 5.34. The SMILES string of the molecule is O=C(c1ccc(C(F)(F)F)cc1)N1CCC[C@H]1c1nc2cc(-c3ccc(F)cc3F)ccc2o1. The normalized spacial score (nSPS) is 16.4. The van der Waals surface area contributed by atoms with Gasteiger partial charge in [0, 0.05) is 23.7 Å². The van der Waals surface area contributed by atoms with Gasteiger partial charge in [-0.1, -0.05) is 6.07 Å². The van der Waals surface area contributed by atoms with Gasteiger partial charge in [-0.3, -0.25) is 4.79 Å². The van der Waals surface area contributed by atoms with Crippen LogP contribution in [0.15, 0.2) is 65.1 Å². The first-order valence-corrected chi connectivity index (χ1v) is 10.5. The summed E-state index contributed by atoms with van der Waals surface area (Å²) in [7, 11) is 0. The van der Waals surface area contributed by atoms with Crippen LogP contribution in [0.1, 0.15) is 40.7 Å². The molecule has 3 aromatic carbocycles. The fraction of sp³-hybridized carbons (Fsp3) is 0.200. The highest BCUT2D eigenvalue weighted by atomic mass is 19.4. The molecule has 174 valence electrons. The van der Waals surface area contributed by atoms with E-state index in [1.807, 2.05) is 0 Å². The molecule has 1 aliphatic heterocycles. The van der Waals surface area contributed by atoms with Crippen molar-refractivity contribution in [1.82, 2.24) is 9.88 Å². The van der Waals surface area contributed by atoms with Crippen molar-refractivity contribution in [2.24, 2.45) is 0 Å². The van der Waals surface area contributed by atoms with Crippen LogP contribution >= 0.6 is 0 Å². The minimum atomic E-state index is -4.48. The second-order valence-electron chi connectivity index (χ2n) is 8.09. The Balaban J connectivity index is 1.43. The molecule has 0 N–H and O–H groups in total. The molecule has 0 unspecified atom stereocenters. The highest BCUT2D eigenvalue weighted by molar-refractivity contribution is 5.94. The summed E-state index contributed by atoms with van der Waals surface area (Å²) >= 11 is 0. The Hall–Kier alpha value is -3.75. The first-order valence-electron chi connectivity index (χ1n) is 10.5. The largest absolute Gasteiger partial charge is 0.438 e. The molecule has 0 radical (unpaired) electrons. The van der Waals surface area contributed by atoms with Crippen LogP contribution in [0.4, 0.5) is 22.0 Å². The van der Waals surface area contributed by atoms with Gasteiger partial charge in [-0.15, -0.1) is 0 Å². The summed E-state index contributed by atoms with van der Waals surface area (Å²) in [5.74, 6) is -1.49. The first kappa shape index (κ1) is 22.1. The van der Waals surface area contributed by atoms with Gasteiger partial charge in [-0.2, -0.15) is 13.2 Å². The third kappa shape index (κ3) is 4.02. The van der Waals surface area contributed by atoms with Crippen molar-refractivity contribution in [3.63, 3.8) is 0 Å². The third-order valence-electron chi connectivity index (χ3n) is 5.90. The Morgan fingerprint density at radius 3 is 2.47 bits per heavy atom. The summed E-state index contributed by atoms with van der Waals surface area (Å²) in [5.41, 5.74) is 0.918. The van der Waals surface area contributed by atoms with E-state index in [1.54, 1.807) is 18.2 Å². The molecule has 0 bridgehead atoms. The molecule has 1 saturated heterocycles. The number of likely N-dealkylation sites (tertiary alicyclic amines) is 1. The molecule has 34 heavy (non-hydrogen) atoms. The molecule has 5 rings (SSSR count). The highest BCUT2D eigenvalue weighted by Crippen LogP contribution is 2.36. The van der Waals surface area contributed by atoms with Crippen LogP contribution < -0.4 is 0 Å². The highest BCUT2D eigenvalue weighted by Gasteiger charge is 2.35. The second-order valence-corrected chi connectivity index (χ2v) is 8.09. The predicted octanol–water partition coefficient (Wildman–Crippen LogP) is 6.77. The number of aromatic nitrogens is 1. The number of carbonyl (C=O) groups excluding carboxylic acids is 1. The maximum absolute atomic E-state index is 14.2. The van der Waals surface area contributed by atoms with Gasteiger partial charge >= 0.3 is 6.18 Å². The van der Waals surface area contributed by atoms with E-state index in [0.29, 0.717) is 41.9 Å². The summed E-state index contributed by atoms with van der Waals surface area (Å²) < 4.78 is 71.8. The molecule has 1 fully saturated rings. The molecular weight excluding hydrogens is 455 g/mol. The van der Waals surface area contributed by atoms with E-state index >= 15 is 0 Å². The van der Waals surface area contributed by atoms with E-state index in [2.05, 4.69) is 4.98 Å². The fourth-order valence-corrected chi connectivity index (χ4v) is 4.21. The number of oxazole rings is 1. The van der Waals surface area contributed by atoms with Crippen molar-refractivity contribution >= 4 is 17.0 Å². The standard InChI is InChI=1S/C25H17F5N2O2/c26-17-8-9-18(19(27)13-17)15-5-10-22-20(12-15)31-23(34-22)21-2-1-11-32(21)24(33)14-3-6-16(7-4-14)25(28,29)30/h3-10,12-13,21H,1-2,11H2/t21-/m0/s1. The summed E-state index contributed by atoms with van der Waals surface area (Å²) in [4.78, 5) is 19.0. The Morgan fingerprint density at radius 2 is 1.76 bits per heavy atom. The topological polar surface area (TPSA) is 46.3 Å². The van der Waals surface area contributed by atoms with Gasteiger partial charge in [0.25, 0.3) is 5.91 Å². The van der Waals surface area contributed by atoms with E-state index < -0.39 is 35.3 Å². The first-order chi connectivity index (χ1) is 16.2. The van der Waals surface area contributed by atoms with Crippen molar-refractivity contribution in [1.29, 1.82) is 0 Å². The van der Waals surface area contributed by atoms with Crippen molar-refractivity contribution in [2.45, 2.75) is 25.1 Å². The van der Waals surface area contributed by atoms with Crippen molar-refractivity contribution in [3.8, 4) is 11.1 Å². The molecule has 4 nitrogen and oxygen atoms in total. The van der Waals surface area contributed by atoms with Crippen LogP contribution in [0.5, 0.6) is 0 Å². The smallest absolute Gasteiger partial charge is 0.416 e. The van der Waals surface area contributed by atoms with Gasteiger partial charge in [0.2, 0.25) is 5.89 Å². The number of nitrogens with zero attached hydrogens (tertiary/aromatic N) is 2. The molecule has 1 amide bonds. The Bertz CT molecular complexity index is 1380. The van der Waals surface area contributed by atoms with Crippen molar-refractivity contribution in [3.05, 3.63) is 89.3 Å². The van der Waals surface area contributed by atoms with E-state index in [4.69, 9.17) is 4.42 Å². The fourth-order valence-electron chi connectivity index (χ4n) is 4.21. The quantitative estimate of drug-likeness (QED) is 0.309. The summed E-state index contributed by atoms with van der Waals surface area (Å²) in [6, 6.07) is 11.8. The average molecular weight is 472 g/mol. The van der Waals surface area contributed by atoms with Crippen molar-refractivity contribution < 1.29 is 31.2 Å². The lowest BCUT2D eigenvalue weighted by Gasteiger charge is -2.22. The number of hydrogen-bond donors (Lipinski definition) is 0. The number of fused-ring (bicyclic) bond motifs is 1. The van der Waals surface area contributed by atoms with Gasteiger partial charge < -0.3 is 9.32 Å². The van der Waals surface area contributed by atoms with Crippen LogP contribution in [-0.2, 0) is 6.18 Å². The minimum absolute atomic E-state index is 0.144. The summed E-state index contributed by atoms with van der Waals surface area (Å²) in [5, 5.41) is 0. The number of rotatable bonds is 3. The number of carbonyl (C=O) groups is 1. The molecular formula is C25H17F5N2O2. The maximum Gasteiger partial charge on any atom is 0.416 e. The molecule has 9 heteroatoms. The predicted molar refractivity (Wildman–Crippen MR) is 114 cm³/mol. The molecule has 1 aromatic heterocycles. The average Bonchev–Trinajstić information content (AvgIpc) is 3.44. The lowest BCUT2D eigenvalue weighted by molar-refractivity contribution is -0.137. The minimum Gasteiger partial charge on any atom is -0.438 e. The number of hydrogen-bond acceptors (Lipinski definition) is 3. The molecule has 1 atom stereocenters. The van der Waals surface area contributed by atoms with Crippen LogP contribution in [0.3, 0.4) is 0 Å². The van der Waals surface area contributed by atoms with Crippen molar-refractivity contribution in [2.75, 3.05) is 6.54 Å². The van der Waals surface area contributed by atoms with Gasteiger partial charge in [0.1, 0.15) is 23.2 Å². The van der Waals surface area contributed by atoms with Gasteiger partial charge in [0.15, 0.2) is 5.58 Å². The maximum atomic E-state index is 14.2. The molecule has 0 saturated carbocycles. The Labute approximate surface area is 190 Å². The zero-order valence-electron chi connectivity index (χ0n) is 17.6. The van der Waals surface area contributed by atoms with Gasteiger partial charge in [-0.25, -0.2) is 13.8 Å². The number of alkyl halides is 3. The van der Waals surface area contributed by atoms with E-state index in [0.717, 1.165) is 30.3 Å². The number of halogens is 5. The van der Waals surface area contributed by atoms with E-state index in [1.165, 1.54) is 17.0 Å². The lowest BCUT2D eigenvalue weighted by Crippen LogP contribution is -2.30. The van der Waals surface area contributed by atoms with E-state index in [9.17, 15) is 26.7 Å². The second kappa shape index (κ2) is 8.23. The van der Waals surface area contributed by atoms with Crippen LogP contribution in [0.2, 0.25) is 0 Å². The summed E-state index contributed by atoms with van der Waals surface area (Å²) in [6.07, 6.45) is -3.22. The van der Waals surface area contributed by atoms with Gasteiger partial charge in [0.05, 0.1) is 5.56 Å². The monoisotopic (exact) mass is 472 g/mol. The third-order valence-corrected chi connectivity index (χ3v) is 5.90. The number of amides is 1. The van der Waals surface area contributed by atoms with Gasteiger partial charge in [-0.05, 0) is 66.9 Å². The molecule has 4 aromatic rings. The number of benzene rings is 3. The van der Waals surface area contributed by atoms with E-state index in [-0.39, 0.29) is 11.1 Å². The Morgan fingerprint density at radius 1 is 1.00 bits per heavy atom. The zero-order chi connectivity index (χ0) is 24.0. The van der Waals surface area contributed by atoms with Crippen LogP contribution in [-0.4, -0.2) is 22.3 Å². The molecule has 0 spiro atoms. The van der Waals surface area contributed by atoms with Crippen LogP contribution in [0, 0.1) is 11.6 Å². The molecule has 1 aliphatic rings. The zero-order valence-corrected chi connectivity index (χ0v) is 17.6. The lowest BCUT2D eigenvalue weighted by atomic mass is 10.0. The summed E-state index contributed by atoms with van der Waals surface area (Å²) in [6.45, 7) is 0.412.